The number of carbonyl (C=O) groups is 1. The highest BCUT2D eigenvalue weighted by Crippen LogP contribution is 2.33. The van der Waals surface area contributed by atoms with Gasteiger partial charge >= 0.3 is 0 Å². The highest BCUT2D eigenvalue weighted by Gasteiger charge is 2.29. The third-order valence-electron chi connectivity index (χ3n) is 5.76. The van der Waals surface area contributed by atoms with Gasteiger partial charge < -0.3 is 9.64 Å². The molecule has 150 valence electrons. The maximum atomic E-state index is 13.3. The summed E-state index contributed by atoms with van der Waals surface area (Å²) in [4.78, 5) is 16.1. The highest BCUT2D eigenvalue weighted by atomic mass is 32.1. The van der Waals surface area contributed by atoms with Crippen LogP contribution in [0.1, 0.15) is 57.2 Å². The van der Waals surface area contributed by atoms with Crippen molar-refractivity contribution >= 4 is 17.2 Å². The predicted octanol–water partition coefficient (Wildman–Crippen LogP) is 6.31. The quantitative estimate of drug-likeness (QED) is 0.498. The zero-order chi connectivity index (χ0) is 20.2. The fourth-order valence-corrected chi connectivity index (χ4v) is 4.79. The Bertz CT molecular complexity index is 979. The number of piperidine rings is 1. The molecule has 4 heteroatoms. The summed E-state index contributed by atoms with van der Waals surface area (Å²) in [5.74, 6) is 1.05. The molecule has 1 aliphatic heterocycles. The number of rotatable bonds is 5. The van der Waals surface area contributed by atoms with Gasteiger partial charge in [0.2, 0.25) is 0 Å². The van der Waals surface area contributed by atoms with Gasteiger partial charge in [0.25, 0.3) is 5.91 Å². The summed E-state index contributed by atoms with van der Waals surface area (Å²) in [6, 6.07) is 18.7. The molecule has 1 saturated heterocycles. The van der Waals surface area contributed by atoms with Crippen molar-refractivity contribution in [2.24, 2.45) is 0 Å². The second kappa shape index (κ2) is 8.83. The lowest BCUT2D eigenvalue weighted by Gasteiger charge is -2.36. The van der Waals surface area contributed by atoms with Crippen molar-refractivity contribution in [3.05, 3.63) is 87.1 Å². The Kier molecular flexibility index (Phi) is 6.00. The molecule has 0 spiro atoms. The predicted molar refractivity (Wildman–Crippen MR) is 119 cm³/mol. The lowest BCUT2D eigenvalue weighted by molar-refractivity contribution is 0.0616. The van der Waals surface area contributed by atoms with Gasteiger partial charge in [0.1, 0.15) is 12.4 Å². The third kappa shape index (κ3) is 4.38. The first-order valence-corrected chi connectivity index (χ1v) is 11.1. The first-order valence-electron chi connectivity index (χ1n) is 10.3. The van der Waals surface area contributed by atoms with E-state index >= 15 is 0 Å². The SMILES string of the molecule is Cc1cccc(OCc2csc(C(=O)N3CCCCC3c3ccccc3)c2)c1C. The summed E-state index contributed by atoms with van der Waals surface area (Å²) in [5.41, 5.74) is 4.67. The molecule has 1 unspecified atom stereocenters. The number of likely N-dealkylation sites (tertiary alicyclic amines) is 1. The molecule has 0 radical (unpaired) electrons. The Morgan fingerprint density at radius 2 is 1.93 bits per heavy atom. The molecule has 29 heavy (non-hydrogen) atoms. The topological polar surface area (TPSA) is 29.5 Å². The highest BCUT2D eigenvalue weighted by molar-refractivity contribution is 7.12. The van der Waals surface area contributed by atoms with E-state index in [0.29, 0.717) is 6.61 Å². The fourth-order valence-electron chi connectivity index (χ4n) is 3.94. The van der Waals surface area contributed by atoms with Gasteiger partial charge in [0, 0.05) is 12.1 Å². The Balaban J connectivity index is 1.46. The van der Waals surface area contributed by atoms with Crippen molar-refractivity contribution in [3.63, 3.8) is 0 Å². The average molecular weight is 406 g/mol. The van der Waals surface area contributed by atoms with E-state index < -0.39 is 0 Å². The standard InChI is InChI=1S/C25H27NO2S/c1-18-9-8-13-23(19(18)2)28-16-20-15-24(29-17-20)25(27)26-14-7-6-12-22(26)21-10-4-3-5-11-21/h3-5,8-11,13,15,17,22H,6-7,12,14,16H2,1-2H3. The van der Waals surface area contributed by atoms with Crippen LogP contribution >= 0.6 is 11.3 Å². The minimum atomic E-state index is 0.140. The Hall–Kier alpha value is -2.59. The van der Waals surface area contributed by atoms with Gasteiger partial charge in [0.15, 0.2) is 0 Å². The Labute approximate surface area is 176 Å². The van der Waals surface area contributed by atoms with Gasteiger partial charge in [-0.15, -0.1) is 11.3 Å². The minimum Gasteiger partial charge on any atom is -0.489 e. The molecular weight excluding hydrogens is 378 g/mol. The molecule has 4 rings (SSSR count). The van der Waals surface area contributed by atoms with Crippen molar-refractivity contribution in [3.8, 4) is 5.75 Å². The van der Waals surface area contributed by atoms with Gasteiger partial charge in [-0.3, -0.25) is 4.79 Å². The van der Waals surface area contributed by atoms with E-state index in [0.717, 1.165) is 41.1 Å². The first kappa shape index (κ1) is 19.7. The molecule has 2 heterocycles. The summed E-state index contributed by atoms with van der Waals surface area (Å²) in [7, 11) is 0. The van der Waals surface area contributed by atoms with Gasteiger partial charge in [-0.05, 0) is 67.3 Å². The van der Waals surface area contributed by atoms with Crippen molar-refractivity contribution in [2.75, 3.05) is 6.54 Å². The molecule has 0 saturated carbocycles. The van der Waals surface area contributed by atoms with Gasteiger partial charge in [-0.25, -0.2) is 0 Å². The van der Waals surface area contributed by atoms with Crippen LogP contribution in [0, 0.1) is 13.8 Å². The minimum absolute atomic E-state index is 0.140. The van der Waals surface area contributed by atoms with Crippen LogP contribution in [0.4, 0.5) is 0 Å². The summed E-state index contributed by atoms with van der Waals surface area (Å²) >= 11 is 1.52. The van der Waals surface area contributed by atoms with Crippen LogP contribution in [-0.4, -0.2) is 17.4 Å². The van der Waals surface area contributed by atoms with Crippen LogP contribution in [-0.2, 0) is 6.61 Å². The molecule has 0 N–H and O–H groups in total. The van der Waals surface area contributed by atoms with Crippen LogP contribution < -0.4 is 4.74 Å². The number of ether oxygens (including phenoxy) is 1. The van der Waals surface area contributed by atoms with Crippen LogP contribution in [0.2, 0.25) is 0 Å². The number of hydrogen-bond acceptors (Lipinski definition) is 3. The third-order valence-corrected chi connectivity index (χ3v) is 6.73. The average Bonchev–Trinajstić information content (AvgIpc) is 3.24. The lowest BCUT2D eigenvalue weighted by Crippen LogP contribution is -2.38. The second-order valence-corrected chi connectivity index (χ2v) is 8.64. The maximum absolute atomic E-state index is 13.3. The molecule has 3 aromatic rings. The van der Waals surface area contributed by atoms with Crippen molar-refractivity contribution in [1.82, 2.24) is 4.90 Å². The van der Waals surface area contributed by atoms with Gasteiger partial charge in [0.05, 0.1) is 10.9 Å². The maximum Gasteiger partial charge on any atom is 0.264 e. The second-order valence-electron chi connectivity index (χ2n) is 7.73. The number of thiophene rings is 1. The molecule has 1 fully saturated rings. The molecule has 3 nitrogen and oxygen atoms in total. The molecular formula is C25H27NO2S. The number of aryl methyl sites for hydroxylation is 1. The summed E-state index contributed by atoms with van der Waals surface area (Å²) in [6.45, 7) is 5.47. The lowest BCUT2D eigenvalue weighted by atomic mass is 9.95. The zero-order valence-corrected chi connectivity index (χ0v) is 17.9. The van der Waals surface area contributed by atoms with E-state index in [4.69, 9.17) is 4.74 Å². The molecule has 1 atom stereocenters. The van der Waals surface area contributed by atoms with E-state index in [1.54, 1.807) is 0 Å². The molecule has 0 bridgehead atoms. The molecule has 0 aliphatic carbocycles. The molecule has 1 aliphatic rings. The van der Waals surface area contributed by atoms with E-state index in [2.05, 4.69) is 49.1 Å². The van der Waals surface area contributed by atoms with Crippen molar-refractivity contribution < 1.29 is 9.53 Å². The number of amides is 1. The fraction of sp³-hybridized carbons (Fsp3) is 0.320. The Morgan fingerprint density at radius 1 is 1.10 bits per heavy atom. The van der Waals surface area contributed by atoms with E-state index in [9.17, 15) is 4.79 Å². The van der Waals surface area contributed by atoms with Crippen molar-refractivity contribution in [2.45, 2.75) is 45.8 Å². The van der Waals surface area contributed by atoms with E-state index in [1.165, 1.54) is 28.9 Å². The summed E-state index contributed by atoms with van der Waals surface area (Å²) in [6.07, 6.45) is 3.27. The summed E-state index contributed by atoms with van der Waals surface area (Å²) in [5, 5.41) is 2.04. The molecule has 1 amide bonds. The van der Waals surface area contributed by atoms with E-state index in [-0.39, 0.29) is 11.9 Å². The summed E-state index contributed by atoms with van der Waals surface area (Å²) < 4.78 is 6.01. The molecule has 1 aromatic heterocycles. The normalized spacial score (nSPS) is 16.6. The zero-order valence-electron chi connectivity index (χ0n) is 17.1. The Morgan fingerprint density at radius 3 is 2.76 bits per heavy atom. The smallest absolute Gasteiger partial charge is 0.264 e. The van der Waals surface area contributed by atoms with Crippen LogP contribution in [0.5, 0.6) is 5.75 Å². The largest absolute Gasteiger partial charge is 0.489 e. The number of nitrogens with zero attached hydrogens (tertiary/aromatic N) is 1. The number of carbonyl (C=O) groups excluding carboxylic acids is 1. The van der Waals surface area contributed by atoms with Crippen molar-refractivity contribution in [1.29, 1.82) is 0 Å². The van der Waals surface area contributed by atoms with Gasteiger partial charge in [-0.2, -0.15) is 0 Å². The molecule has 2 aromatic carbocycles. The van der Waals surface area contributed by atoms with Gasteiger partial charge in [-0.1, -0.05) is 42.5 Å². The van der Waals surface area contributed by atoms with Crippen LogP contribution in [0.15, 0.2) is 60.0 Å². The number of hydrogen-bond donors (Lipinski definition) is 0. The first-order chi connectivity index (χ1) is 14.1. The van der Waals surface area contributed by atoms with E-state index in [1.807, 2.05) is 29.6 Å². The number of benzene rings is 2. The van der Waals surface area contributed by atoms with Crippen LogP contribution in [0.3, 0.4) is 0 Å². The monoisotopic (exact) mass is 405 g/mol. The van der Waals surface area contributed by atoms with Crippen LogP contribution in [0.25, 0.3) is 0 Å².